The number of carbonyl (C=O) groups excluding carboxylic acids is 1. The highest BCUT2D eigenvalue weighted by molar-refractivity contribution is 8.00. The third-order valence-corrected chi connectivity index (χ3v) is 4.98. The minimum Gasteiger partial charge on any atom is -0.437 e. The van der Waals surface area contributed by atoms with Gasteiger partial charge >= 0.3 is 0 Å². The van der Waals surface area contributed by atoms with Crippen LogP contribution in [0.5, 0.6) is 11.6 Å². The Labute approximate surface area is 169 Å². The fourth-order valence-electron chi connectivity index (χ4n) is 2.55. The number of hydrogen-bond acceptors (Lipinski definition) is 5. The maximum atomic E-state index is 12.1. The van der Waals surface area contributed by atoms with Gasteiger partial charge in [0.25, 0.3) is 5.88 Å². The Morgan fingerprint density at radius 2 is 1.79 bits per heavy atom. The summed E-state index contributed by atoms with van der Waals surface area (Å²) in [5.41, 5.74) is 2.44. The van der Waals surface area contributed by atoms with Crippen molar-refractivity contribution in [1.29, 1.82) is 0 Å². The van der Waals surface area contributed by atoms with Crippen LogP contribution < -0.4 is 10.1 Å². The Morgan fingerprint density at radius 1 is 1.04 bits per heavy atom. The summed E-state index contributed by atoms with van der Waals surface area (Å²) in [5, 5.41) is 3.55. The fraction of sp³-hybridized carbons (Fsp3) is 0.227. The van der Waals surface area contributed by atoms with Crippen LogP contribution in [-0.2, 0) is 11.2 Å². The summed E-state index contributed by atoms with van der Waals surface area (Å²) in [6.45, 7) is 2.67. The van der Waals surface area contributed by atoms with Gasteiger partial charge in [0.15, 0.2) is 5.03 Å². The quantitative estimate of drug-likeness (QED) is 0.431. The van der Waals surface area contributed by atoms with Crippen molar-refractivity contribution in [3.05, 3.63) is 78.1 Å². The second-order valence-electron chi connectivity index (χ2n) is 6.31. The fourth-order valence-corrected chi connectivity index (χ4v) is 3.27. The summed E-state index contributed by atoms with van der Waals surface area (Å²) in [5.74, 6) is 1.35. The molecule has 1 N–H and O–H groups in total. The molecule has 0 radical (unpaired) electrons. The standard InChI is InChI=1S/C22H23N3O2S/c1-17-9-11-19(12-10-17)27-21-22(25-15-14-24-21)28-16-20(26)23-13-5-8-18-6-3-2-4-7-18/h2-4,6-7,9-12,14-15H,5,8,13,16H2,1H3,(H,23,26). The van der Waals surface area contributed by atoms with Crippen LogP contribution in [0.25, 0.3) is 0 Å². The molecule has 0 aliphatic carbocycles. The molecular formula is C22H23N3O2S. The summed E-state index contributed by atoms with van der Waals surface area (Å²) in [6.07, 6.45) is 5.04. The Kier molecular flexibility index (Phi) is 7.44. The van der Waals surface area contributed by atoms with Gasteiger partial charge in [0, 0.05) is 18.9 Å². The number of benzene rings is 2. The molecular weight excluding hydrogens is 370 g/mol. The second kappa shape index (κ2) is 10.5. The van der Waals surface area contributed by atoms with E-state index in [0.717, 1.165) is 18.4 Å². The topological polar surface area (TPSA) is 64.1 Å². The Hall–Kier alpha value is -2.86. The zero-order chi connectivity index (χ0) is 19.6. The van der Waals surface area contributed by atoms with E-state index in [1.807, 2.05) is 49.4 Å². The number of thioether (sulfide) groups is 1. The summed E-state index contributed by atoms with van der Waals surface area (Å²) < 4.78 is 5.82. The van der Waals surface area contributed by atoms with E-state index in [-0.39, 0.29) is 11.7 Å². The molecule has 0 bridgehead atoms. The number of aryl methyl sites for hydroxylation is 2. The first-order chi connectivity index (χ1) is 13.7. The molecule has 1 amide bonds. The summed E-state index contributed by atoms with van der Waals surface area (Å²) in [4.78, 5) is 20.7. The first-order valence-electron chi connectivity index (χ1n) is 9.19. The minimum atomic E-state index is -0.0231. The van der Waals surface area contributed by atoms with E-state index in [1.165, 1.54) is 17.3 Å². The van der Waals surface area contributed by atoms with Crippen LogP contribution in [-0.4, -0.2) is 28.2 Å². The molecule has 0 saturated carbocycles. The number of rotatable bonds is 9. The van der Waals surface area contributed by atoms with Crippen molar-refractivity contribution >= 4 is 17.7 Å². The number of nitrogens with one attached hydrogen (secondary N) is 1. The molecule has 1 heterocycles. The maximum absolute atomic E-state index is 12.1. The van der Waals surface area contributed by atoms with Gasteiger partial charge in [-0.25, -0.2) is 9.97 Å². The average molecular weight is 394 g/mol. The molecule has 6 heteroatoms. The molecule has 2 aromatic carbocycles. The first kappa shape index (κ1) is 19.9. The lowest BCUT2D eigenvalue weighted by atomic mass is 10.1. The molecule has 5 nitrogen and oxygen atoms in total. The van der Waals surface area contributed by atoms with Crippen molar-refractivity contribution in [3.8, 4) is 11.6 Å². The van der Waals surface area contributed by atoms with Crippen molar-refractivity contribution in [2.75, 3.05) is 12.3 Å². The van der Waals surface area contributed by atoms with E-state index in [1.54, 1.807) is 12.4 Å². The van der Waals surface area contributed by atoms with Crippen LogP contribution in [0, 0.1) is 6.92 Å². The van der Waals surface area contributed by atoms with Crippen molar-refractivity contribution in [2.24, 2.45) is 0 Å². The zero-order valence-corrected chi connectivity index (χ0v) is 16.6. The summed E-state index contributed by atoms with van der Waals surface area (Å²) in [6, 6.07) is 18.0. The van der Waals surface area contributed by atoms with E-state index in [4.69, 9.17) is 4.74 Å². The van der Waals surface area contributed by atoms with Crippen LogP contribution in [0.4, 0.5) is 0 Å². The molecule has 0 atom stereocenters. The second-order valence-corrected chi connectivity index (χ2v) is 7.27. The highest BCUT2D eigenvalue weighted by Gasteiger charge is 2.11. The lowest BCUT2D eigenvalue weighted by molar-refractivity contribution is -0.118. The van der Waals surface area contributed by atoms with Crippen LogP contribution in [0.2, 0.25) is 0 Å². The highest BCUT2D eigenvalue weighted by atomic mass is 32.2. The van der Waals surface area contributed by atoms with Gasteiger partial charge in [0.2, 0.25) is 5.91 Å². The third-order valence-electron chi connectivity index (χ3n) is 4.02. The van der Waals surface area contributed by atoms with Crippen LogP contribution >= 0.6 is 11.8 Å². The van der Waals surface area contributed by atoms with E-state index in [9.17, 15) is 4.79 Å². The molecule has 1 aromatic heterocycles. The van der Waals surface area contributed by atoms with Gasteiger partial charge in [0.1, 0.15) is 5.75 Å². The van der Waals surface area contributed by atoms with Crippen LogP contribution in [0.1, 0.15) is 17.5 Å². The van der Waals surface area contributed by atoms with Crippen molar-refractivity contribution < 1.29 is 9.53 Å². The number of carbonyl (C=O) groups is 1. The minimum absolute atomic E-state index is 0.0231. The lowest BCUT2D eigenvalue weighted by Crippen LogP contribution is -2.26. The third kappa shape index (κ3) is 6.39. The number of aromatic nitrogens is 2. The average Bonchev–Trinajstić information content (AvgIpc) is 2.73. The van der Waals surface area contributed by atoms with Crippen molar-refractivity contribution in [1.82, 2.24) is 15.3 Å². The molecule has 3 rings (SSSR count). The van der Waals surface area contributed by atoms with Gasteiger partial charge in [-0.15, -0.1) is 0 Å². The first-order valence-corrected chi connectivity index (χ1v) is 10.2. The monoisotopic (exact) mass is 393 g/mol. The van der Waals surface area contributed by atoms with E-state index in [0.29, 0.717) is 23.2 Å². The van der Waals surface area contributed by atoms with Crippen LogP contribution in [0.15, 0.2) is 72.0 Å². The number of ether oxygens (including phenoxy) is 1. The molecule has 0 saturated heterocycles. The number of nitrogens with zero attached hydrogens (tertiary/aromatic N) is 2. The summed E-state index contributed by atoms with van der Waals surface area (Å²) in [7, 11) is 0. The van der Waals surface area contributed by atoms with Gasteiger partial charge in [-0.05, 0) is 37.5 Å². The molecule has 0 aliphatic rings. The Morgan fingerprint density at radius 3 is 2.57 bits per heavy atom. The predicted molar refractivity (Wildman–Crippen MR) is 112 cm³/mol. The van der Waals surface area contributed by atoms with E-state index >= 15 is 0 Å². The van der Waals surface area contributed by atoms with E-state index < -0.39 is 0 Å². The maximum Gasteiger partial charge on any atom is 0.252 e. The lowest BCUT2D eigenvalue weighted by Gasteiger charge is -2.09. The molecule has 28 heavy (non-hydrogen) atoms. The molecule has 144 valence electrons. The Bertz CT molecular complexity index is 886. The van der Waals surface area contributed by atoms with Gasteiger partial charge in [-0.2, -0.15) is 0 Å². The Balaban J connectivity index is 1.45. The molecule has 0 spiro atoms. The molecule has 3 aromatic rings. The number of amides is 1. The van der Waals surface area contributed by atoms with E-state index in [2.05, 4.69) is 27.4 Å². The van der Waals surface area contributed by atoms with Crippen LogP contribution in [0.3, 0.4) is 0 Å². The normalized spacial score (nSPS) is 10.5. The number of hydrogen-bond donors (Lipinski definition) is 1. The van der Waals surface area contributed by atoms with Gasteiger partial charge in [0.05, 0.1) is 5.75 Å². The molecule has 0 unspecified atom stereocenters. The van der Waals surface area contributed by atoms with Gasteiger partial charge in [-0.3, -0.25) is 4.79 Å². The van der Waals surface area contributed by atoms with Gasteiger partial charge < -0.3 is 10.1 Å². The van der Waals surface area contributed by atoms with Gasteiger partial charge in [-0.1, -0.05) is 59.8 Å². The SMILES string of the molecule is Cc1ccc(Oc2nccnc2SCC(=O)NCCCc2ccccc2)cc1. The molecule has 0 fully saturated rings. The van der Waals surface area contributed by atoms with Crippen molar-refractivity contribution in [3.63, 3.8) is 0 Å². The highest BCUT2D eigenvalue weighted by Crippen LogP contribution is 2.28. The zero-order valence-electron chi connectivity index (χ0n) is 15.8. The van der Waals surface area contributed by atoms with Crippen molar-refractivity contribution in [2.45, 2.75) is 24.8 Å². The molecule has 0 aliphatic heterocycles. The smallest absolute Gasteiger partial charge is 0.252 e. The predicted octanol–water partition coefficient (Wildman–Crippen LogP) is 4.42. The largest absolute Gasteiger partial charge is 0.437 e. The summed E-state index contributed by atoms with van der Waals surface area (Å²) >= 11 is 1.32.